The molecule has 1 rings (SSSR count). The van der Waals surface area contributed by atoms with E-state index in [1.54, 1.807) is 18.0 Å². The molecule has 0 aliphatic carbocycles. The van der Waals surface area contributed by atoms with Crippen molar-refractivity contribution in [2.75, 3.05) is 13.6 Å². The molecule has 5 nitrogen and oxygen atoms in total. The van der Waals surface area contributed by atoms with Crippen molar-refractivity contribution in [3.63, 3.8) is 0 Å². The van der Waals surface area contributed by atoms with Crippen LogP contribution in [-0.4, -0.2) is 32.8 Å². The topological polar surface area (TPSA) is 80.5 Å². The molecular weight excluding hydrogens is 344 g/mol. The maximum atomic E-state index is 12.3. The highest BCUT2D eigenvalue weighted by Gasteiger charge is 2.21. The Bertz CT molecular complexity index is 621. The van der Waals surface area contributed by atoms with Crippen LogP contribution in [0.4, 0.5) is 0 Å². The van der Waals surface area contributed by atoms with Crippen LogP contribution in [0, 0.1) is 5.41 Å². The lowest BCUT2D eigenvalue weighted by atomic mass is 9.96. The summed E-state index contributed by atoms with van der Waals surface area (Å²) in [5.74, 6) is -0.239. The van der Waals surface area contributed by atoms with Gasteiger partial charge in [-0.25, -0.2) is 13.6 Å². The lowest BCUT2D eigenvalue weighted by molar-refractivity contribution is 0.0745. The number of hydrogen-bond donors (Lipinski definition) is 1. The summed E-state index contributed by atoms with van der Waals surface area (Å²) in [6.07, 6.45) is 0. The van der Waals surface area contributed by atoms with Crippen LogP contribution in [0.1, 0.15) is 31.1 Å². The van der Waals surface area contributed by atoms with Crippen LogP contribution >= 0.6 is 15.9 Å². The fourth-order valence-electron chi connectivity index (χ4n) is 1.86. The van der Waals surface area contributed by atoms with E-state index in [0.717, 1.165) is 0 Å². The first kappa shape index (κ1) is 17.1. The third-order valence-electron chi connectivity index (χ3n) is 2.54. The van der Waals surface area contributed by atoms with Gasteiger partial charge in [0.05, 0.1) is 4.90 Å². The summed E-state index contributed by atoms with van der Waals surface area (Å²) in [5.41, 5.74) is 0.256. The largest absolute Gasteiger partial charge is 0.341 e. The zero-order valence-electron chi connectivity index (χ0n) is 12.0. The van der Waals surface area contributed by atoms with E-state index in [-0.39, 0.29) is 16.2 Å². The Hall–Kier alpha value is -0.920. The van der Waals surface area contributed by atoms with E-state index in [4.69, 9.17) is 5.14 Å². The number of sulfonamides is 1. The summed E-state index contributed by atoms with van der Waals surface area (Å²) < 4.78 is 23.2. The minimum Gasteiger partial charge on any atom is -0.341 e. The SMILES string of the molecule is CN(CC(C)(C)C)C(=O)c1ccc(Br)c(S(N)(=O)=O)c1. The summed E-state index contributed by atoms with van der Waals surface area (Å²) >= 11 is 3.12. The highest BCUT2D eigenvalue weighted by molar-refractivity contribution is 9.10. The second-order valence-electron chi connectivity index (χ2n) is 5.91. The van der Waals surface area contributed by atoms with E-state index in [0.29, 0.717) is 16.6 Å². The van der Waals surface area contributed by atoms with Gasteiger partial charge in [-0.1, -0.05) is 20.8 Å². The third kappa shape index (κ3) is 4.57. The average Bonchev–Trinajstić information content (AvgIpc) is 2.24. The molecule has 0 saturated carbocycles. The summed E-state index contributed by atoms with van der Waals surface area (Å²) in [6, 6.07) is 4.37. The number of carbonyl (C=O) groups excluding carboxylic acids is 1. The standard InChI is InChI=1S/C13H19BrN2O3S/c1-13(2,3)8-16(4)12(17)9-5-6-10(14)11(7-9)20(15,18)19/h5-7H,8H2,1-4H3,(H2,15,18,19). The Morgan fingerprint density at radius 2 is 1.90 bits per heavy atom. The number of primary sulfonamides is 1. The Morgan fingerprint density at radius 1 is 1.35 bits per heavy atom. The molecule has 2 N–H and O–H groups in total. The molecule has 1 aromatic carbocycles. The lowest BCUT2D eigenvalue weighted by Crippen LogP contribution is -2.34. The Balaban J connectivity index is 3.13. The van der Waals surface area contributed by atoms with Gasteiger partial charge in [-0.05, 0) is 39.5 Å². The van der Waals surface area contributed by atoms with Crippen LogP contribution in [-0.2, 0) is 10.0 Å². The maximum Gasteiger partial charge on any atom is 0.253 e. The average molecular weight is 363 g/mol. The predicted molar refractivity (Wildman–Crippen MR) is 81.9 cm³/mol. The van der Waals surface area contributed by atoms with Crippen molar-refractivity contribution in [1.29, 1.82) is 0 Å². The molecule has 0 aliphatic rings. The Labute approximate surface area is 128 Å². The molecular formula is C13H19BrN2O3S. The van der Waals surface area contributed by atoms with Gasteiger partial charge in [0.15, 0.2) is 0 Å². The molecule has 0 fully saturated rings. The molecule has 0 bridgehead atoms. The number of nitrogens with two attached hydrogens (primary N) is 1. The van der Waals surface area contributed by atoms with Crippen molar-refractivity contribution in [2.45, 2.75) is 25.7 Å². The van der Waals surface area contributed by atoms with Crippen LogP contribution in [0.5, 0.6) is 0 Å². The molecule has 0 aliphatic heterocycles. The maximum absolute atomic E-state index is 12.3. The molecule has 0 spiro atoms. The van der Waals surface area contributed by atoms with Gasteiger partial charge in [-0.2, -0.15) is 0 Å². The zero-order valence-corrected chi connectivity index (χ0v) is 14.4. The predicted octanol–water partition coefficient (Wildman–Crippen LogP) is 2.21. The quantitative estimate of drug-likeness (QED) is 0.894. The monoisotopic (exact) mass is 362 g/mol. The van der Waals surface area contributed by atoms with Crippen LogP contribution < -0.4 is 5.14 Å². The van der Waals surface area contributed by atoms with Crippen molar-refractivity contribution in [3.8, 4) is 0 Å². The molecule has 0 atom stereocenters. The number of hydrogen-bond acceptors (Lipinski definition) is 3. The Morgan fingerprint density at radius 3 is 2.35 bits per heavy atom. The second-order valence-corrected chi connectivity index (χ2v) is 8.30. The molecule has 0 saturated heterocycles. The molecule has 0 aromatic heterocycles. The van der Waals surface area contributed by atoms with Gasteiger partial charge in [0, 0.05) is 23.6 Å². The summed E-state index contributed by atoms with van der Waals surface area (Å²) in [5, 5.41) is 5.12. The van der Waals surface area contributed by atoms with E-state index in [9.17, 15) is 13.2 Å². The molecule has 7 heteroatoms. The van der Waals surface area contributed by atoms with Gasteiger partial charge in [-0.15, -0.1) is 0 Å². The van der Waals surface area contributed by atoms with Gasteiger partial charge in [0.2, 0.25) is 10.0 Å². The second kappa shape index (κ2) is 5.83. The molecule has 20 heavy (non-hydrogen) atoms. The summed E-state index contributed by atoms with van der Waals surface area (Å²) in [4.78, 5) is 13.8. The van der Waals surface area contributed by atoms with E-state index < -0.39 is 10.0 Å². The van der Waals surface area contributed by atoms with Crippen LogP contribution in [0.3, 0.4) is 0 Å². The van der Waals surface area contributed by atoms with Gasteiger partial charge in [-0.3, -0.25) is 4.79 Å². The molecule has 0 radical (unpaired) electrons. The van der Waals surface area contributed by atoms with Crippen molar-refractivity contribution < 1.29 is 13.2 Å². The molecule has 0 unspecified atom stereocenters. The van der Waals surface area contributed by atoms with Crippen LogP contribution in [0.15, 0.2) is 27.6 Å². The highest BCUT2D eigenvalue weighted by atomic mass is 79.9. The number of halogens is 1. The van der Waals surface area contributed by atoms with Gasteiger partial charge in [0.25, 0.3) is 5.91 Å². The molecule has 1 aromatic rings. The smallest absolute Gasteiger partial charge is 0.253 e. The van der Waals surface area contributed by atoms with E-state index in [1.807, 2.05) is 20.8 Å². The van der Waals surface area contributed by atoms with Crippen molar-refractivity contribution in [1.82, 2.24) is 4.90 Å². The minimum atomic E-state index is -3.87. The number of rotatable bonds is 3. The van der Waals surface area contributed by atoms with Gasteiger partial charge < -0.3 is 4.90 Å². The first-order valence-electron chi connectivity index (χ1n) is 5.99. The first-order chi connectivity index (χ1) is 8.92. The van der Waals surface area contributed by atoms with Crippen molar-refractivity contribution >= 4 is 31.9 Å². The third-order valence-corrected chi connectivity index (χ3v) is 4.45. The summed E-state index contributed by atoms with van der Waals surface area (Å²) in [7, 11) is -2.18. The van der Waals surface area contributed by atoms with E-state index in [1.165, 1.54) is 12.1 Å². The fraction of sp³-hybridized carbons (Fsp3) is 0.462. The van der Waals surface area contributed by atoms with Gasteiger partial charge >= 0.3 is 0 Å². The molecule has 0 heterocycles. The molecule has 112 valence electrons. The van der Waals surface area contributed by atoms with Gasteiger partial charge in [0.1, 0.15) is 0 Å². The first-order valence-corrected chi connectivity index (χ1v) is 8.33. The number of carbonyl (C=O) groups is 1. The number of nitrogens with zero attached hydrogens (tertiary/aromatic N) is 1. The fourth-order valence-corrected chi connectivity index (χ4v) is 3.41. The lowest BCUT2D eigenvalue weighted by Gasteiger charge is -2.26. The Kier molecular flexibility index (Phi) is 4.99. The van der Waals surface area contributed by atoms with Crippen molar-refractivity contribution in [3.05, 3.63) is 28.2 Å². The van der Waals surface area contributed by atoms with E-state index in [2.05, 4.69) is 15.9 Å². The normalized spacial score (nSPS) is 12.3. The number of benzene rings is 1. The molecule has 1 amide bonds. The van der Waals surface area contributed by atoms with E-state index >= 15 is 0 Å². The van der Waals surface area contributed by atoms with Crippen LogP contribution in [0.25, 0.3) is 0 Å². The zero-order chi connectivity index (χ0) is 15.7. The summed E-state index contributed by atoms with van der Waals surface area (Å²) in [6.45, 7) is 6.63. The number of amides is 1. The van der Waals surface area contributed by atoms with Crippen molar-refractivity contribution in [2.24, 2.45) is 10.6 Å². The van der Waals surface area contributed by atoms with Crippen LogP contribution in [0.2, 0.25) is 0 Å². The minimum absolute atomic E-state index is 0.0391. The highest BCUT2D eigenvalue weighted by Crippen LogP contribution is 2.23.